The molecule has 1 aliphatic carbocycles. The van der Waals surface area contributed by atoms with Crippen LogP contribution in [0.15, 0.2) is 22.7 Å². The van der Waals surface area contributed by atoms with E-state index in [0.717, 1.165) is 35.2 Å². The smallest absolute Gasteiger partial charge is 0.133 e. The molecule has 1 aromatic rings. The Morgan fingerprint density at radius 2 is 2.26 bits per heavy atom. The fourth-order valence-corrected chi connectivity index (χ4v) is 3.59. The second-order valence-electron chi connectivity index (χ2n) is 5.52. The zero-order valence-corrected chi connectivity index (χ0v) is 13.2. The van der Waals surface area contributed by atoms with Gasteiger partial charge in [0.2, 0.25) is 0 Å². The van der Waals surface area contributed by atoms with Gasteiger partial charge in [0, 0.05) is 18.7 Å². The number of hydrogen-bond donors (Lipinski definition) is 0. The summed E-state index contributed by atoms with van der Waals surface area (Å²) in [4.78, 5) is 0. The van der Waals surface area contributed by atoms with Gasteiger partial charge in [0.1, 0.15) is 11.9 Å². The summed E-state index contributed by atoms with van der Waals surface area (Å²) in [5.74, 6) is 1.44. The lowest BCUT2D eigenvalue weighted by molar-refractivity contribution is -0.153. The van der Waals surface area contributed by atoms with Crippen molar-refractivity contribution in [2.45, 2.75) is 49.7 Å². The predicted molar refractivity (Wildman–Crippen MR) is 79.9 cm³/mol. The summed E-state index contributed by atoms with van der Waals surface area (Å²) in [6.45, 7) is 0.821. The first kappa shape index (κ1) is 13.7. The van der Waals surface area contributed by atoms with E-state index >= 15 is 0 Å². The summed E-state index contributed by atoms with van der Waals surface area (Å²) in [6, 6.07) is 6.05. The van der Waals surface area contributed by atoms with Crippen LogP contribution in [-0.2, 0) is 10.6 Å². The van der Waals surface area contributed by atoms with E-state index in [9.17, 15) is 0 Å². The van der Waals surface area contributed by atoms with Gasteiger partial charge in [-0.3, -0.25) is 0 Å². The molecule has 104 valence electrons. The van der Waals surface area contributed by atoms with Gasteiger partial charge >= 0.3 is 0 Å². The lowest BCUT2D eigenvalue weighted by Crippen LogP contribution is -2.48. The maximum Gasteiger partial charge on any atom is 0.133 e. The molecule has 1 aliphatic heterocycles. The van der Waals surface area contributed by atoms with Crippen molar-refractivity contribution in [3.63, 3.8) is 0 Å². The average molecular weight is 346 g/mol. The molecule has 2 fully saturated rings. The minimum Gasteiger partial charge on any atom is -0.489 e. The van der Waals surface area contributed by atoms with Crippen LogP contribution in [0.3, 0.4) is 0 Å². The molecule has 0 amide bonds. The Morgan fingerprint density at radius 1 is 1.42 bits per heavy atom. The average Bonchev–Trinajstić information content (AvgIpc) is 2.39. The van der Waals surface area contributed by atoms with Gasteiger partial charge in [-0.2, -0.15) is 0 Å². The molecular formula is C15H18BrClO2. The molecule has 3 rings (SSSR count). The first-order valence-corrected chi connectivity index (χ1v) is 8.19. The van der Waals surface area contributed by atoms with Crippen LogP contribution >= 0.6 is 27.5 Å². The van der Waals surface area contributed by atoms with E-state index in [1.807, 2.05) is 18.2 Å². The first-order chi connectivity index (χ1) is 9.21. The Hall–Kier alpha value is -0.250. The second kappa shape index (κ2) is 5.63. The van der Waals surface area contributed by atoms with Crippen molar-refractivity contribution in [2.24, 2.45) is 0 Å². The zero-order chi connectivity index (χ0) is 13.3. The summed E-state index contributed by atoms with van der Waals surface area (Å²) in [5.41, 5.74) is 1.23. The standard InChI is InChI=1S/C15H18BrClO2/c16-13-8-11(10-17)2-3-14(13)19-12-4-7-18-15(9-12)5-1-6-15/h2-3,8,12H,1,4-7,9-10H2. The molecule has 1 aromatic carbocycles. The molecule has 1 heterocycles. The Kier molecular flexibility index (Phi) is 4.06. The molecule has 4 heteroatoms. The molecule has 0 aromatic heterocycles. The predicted octanol–water partition coefficient (Wildman–Crippen LogP) is 4.67. The van der Waals surface area contributed by atoms with E-state index in [0.29, 0.717) is 5.88 Å². The Bertz CT molecular complexity index is 459. The molecule has 1 atom stereocenters. The summed E-state index contributed by atoms with van der Waals surface area (Å²) in [6.07, 6.45) is 5.95. The van der Waals surface area contributed by atoms with Gasteiger partial charge in [-0.05, 0) is 52.9 Å². The maximum atomic E-state index is 6.15. The van der Waals surface area contributed by atoms with Crippen molar-refractivity contribution in [3.8, 4) is 5.75 Å². The Balaban J connectivity index is 1.67. The molecule has 2 nitrogen and oxygen atoms in total. The molecule has 1 spiro atoms. The third-order valence-corrected chi connectivity index (χ3v) is 5.09. The summed E-state index contributed by atoms with van der Waals surface area (Å²) < 4.78 is 13.1. The Morgan fingerprint density at radius 3 is 2.89 bits per heavy atom. The van der Waals surface area contributed by atoms with Gasteiger partial charge in [0.25, 0.3) is 0 Å². The maximum absolute atomic E-state index is 6.15. The number of rotatable bonds is 3. The van der Waals surface area contributed by atoms with E-state index in [1.54, 1.807) is 0 Å². The summed E-state index contributed by atoms with van der Waals surface area (Å²) in [7, 11) is 0. The van der Waals surface area contributed by atoms with Gasteiger partial charge in [-0.15, -0.1) is 11.6 Å². The molecular weight excluding hydrogens is 328 g/mol. The van der Waals surface area contributed by atoms with Gasteiger partial charge in [-0.25, -0.2) is 0 Å². The van der Waals surface area contributed by atoms with Crippen molar-refractivity contribution in [1.29, 1.82) is 0 Å². The highest BCUT2D eigenvalue weighted by molar-refractivity contribution is 9.10. The van der Waals surface area contributed by atoms with E-state index in [-0.39, 0.29) is 11.7 Å². The van der Waals surface area contributed by atoms with Crippen molar-refractivity contribution in [3.05, 3.63) is 28.2 Å². The van der Waals surface area contributed by atoms with Crippen molar-refractivity contribution >= 4 is 27.5 Å². The number of benzene rings is 1. The topological polar surface area (TPSA) is 18.5 Å². The third kappa shape index (κ3) is 2.93. The van der Waals surface area contributed by atoms with E-state index in [4.69, 9.17) is 21.1 Å². The van der Waals surface area contributed by atoms with E-state index < -0.39 is 0 Å². The fourth-order valence-electron chi connectivity index (χ4n) is 2.91. The quantitative estimate of drug-likeness (QED) is 0.741. The lowest BCUT2D eigenvalue weighted by Gasteiger charge is -2.46. The largest absolute Gasteiger partial charge is 0.489 e. The number of halogens is 2. The van der Waals surface area contributed by atoms with Crippen LogP contribution in [0.4, 0.5) is 0 Å². The number of alkyl halides is 1. The molecule has 1 saturated carbocycles. The number of ether oxygens (including phenoxy) is 2. The zero-order valence-electron chi connectivity index (χ0n) is 10.8. The van der Waals surface area contributed by atoms with Crippen LogP contribution < -0.4 is 4.74 Å². The van der Waals surface area contributed by atoms with Crippen LogP contribution in [-0.4, -0.2) is 18.3 Å². The number of hydrogen-bond acceptors (Lipinski definition) is 2. The molecule has 19 heavy (non-hydrogen) atoms. The van der Waals surface area contributed by atoms with E-state index in [1.165, 1.54) is 19.3 Å². The van der Waals surface area contributed by atoms with E-state index in [2.05, 4.69) is 15.9 Å². The monoisotopic (exact) mass is 344 g/mol. The minimum absolute atomic E-state index is 0.130. The normalized spacial score (nSPS) is 25.1. The minimum atomic E-state index is 0.130. The van der Waals surface area contributed by atoms with Crippen LogP contribution in [0.25, 0.3) is 0 Å². The molecule has 0 radical (unpaired) electrons. The summed E-state index contributed by atoms with van der Waals surface area (Å²) >= 11 is 9.39. The van der Waals surface area contributed by atoms with Gasteiger partial charge in [0.15, 0.2) is 0 Å². The highest BCUT2D eigenvalue weighted by Crippen LogP contribution is 2.43. The fraction of sp³-hybridized carbons (Fsp3) is 0.600. The molecule has 2 aliphatic rings. The lowest BCUT2D eigenvalue weighted by atomic mass is 9.74. The molecule has 1 saturated heterocycles. The van der Waals surface area contributed by atoms with Gasteiger partial charge < -0.3 is 9.47 Å². The van der Waals surface area contributed by atoms with Gasteiger partial charge in [-0.1, -0.05) is 6.07 Å². The van der Waals surface area contributed by atoms with Crippen LogP contribution in [0, 0.1) is 0 Å². The van der Waals surface area contributed by atoms with Crippen molar-refractivity contribution in [1.82, 2.24) is 0 Å². The second-order valence-corrected chi connectivity index (χ2v) is 6.64. The molecule has 0 bridgehead atoms. The highest BCUT2D eigenvalue weighted by atomic mass is 79.9. The van der Waals surface area contributed by atoms with Crippen molar-refractivity contribution < 1.29 is 9.47 Å². The SMILES string of the molecule is ClCc1ccc(OC2CCOC3(CCC3)C2)c(Br)c1. The Labute approximate surface area is 127 Å². The van der Waals surface area contributed by atoms with Crippen molar-refractivity contribution in [2.75, 3.05) is 6.61 Å². The summed E-state index contributed by atoms with van der Waals surface area (Å²) in [5, 5.41) is 0. The first-order valence-electron chi connectivity index (χ1n) is 6.86. The van der Waals surface area contributed by atoms with Crippen LogP contribution in [0.2, 0.25) is 0 Å². The third-order valence-electron chi connectivity index (χ3n) is 4.16. The molecule has 1 unspecified atom stereocenters. The van der Waals surface area contributed by atoms with Crippen LogP contribution in [0.1, 0.15) is 37.7 Å². The molecule has 0 N–H and O–H groups in total. The highest BCUT2D eigenvalue weighted by Gasteiger charge is 2.43. The van der Waals surface area contributed by atoms with Crippen LogP contribution in [0.5, 0.6) is 5.75 Å². The van der Waals surface area contributed by atoms with Gasteiger partial charge in [0.05, 0.1) is 16.7 Å².